The van der Waals surface area contributed by atoms with Gasteiger partial charge in [0.25, 0.3) is 0 Å². The van der Waals surface area contributed by atoms with Gasteiger partial charge < -0.3 is 0 Å². The summed E-state index contributed by atoms with van der Waals surface area (Å²) in [7, 11) is 0. The summed E-state index contributed by atoms with van der Waals surface area (Å²) in [5.41, 5.74) is -0.987. The normalized spacial score (nSPS) is 14.2. The first kappa shape index (κ1) is 19.3. The summed E-state index contributed by atoms with van der Waals surface area (Å²) in [5, 5.41) is 4.51. The predicted octanol–water partition coefficient (Wildman–Crippen LogP) is 3.50. The quantitative estimate of drug-likeness (QED) is 0.453. The molecule has 0 heterocycles. The molecule has 0 aliphatic carbocycles. The van der Waals surface area contributed by atoms with Crippen LogP contribution in [0.2, 0.25) is 0 Å². The van der Waals surface area contributed by atoms with Crippen LogP contribution < -0.4 is 0 Å². The average molecular weight is 292 g/mol. The molecule has 1 atom stereocenters. The standard InChI is InChI=1S/C14H28O6/c1-8-11(16-18-13(4,5)9-2)12(15)17-20-19-14(6,7)10-3/h11H,8-10H2,1-7H3. The molecule has 0 spiro atoms. The molecule has 0 aromatic heterocycles. The Morgan fingerprint density at radius 2 is 1.45 bits per heavy atom. The SMILES string of the molecule is CCC(OOC(C)(C)CC)C(=O)OOOC(C)(C)CC. The zero-order chi connectivity index (χ0) is 15.8. The van der Waals surface area contributed by atoms with Crippen LogP contribution in [-0.2, 0) is 29.4 Å². The molecular formula is C14H28O6. The van der Waals surface area contributed by atoms with Gasteiger partial charge in [-0.3, -0.25) is 4.89 Å². The molecule has 0 aliphatic rings. The molecule has 0 fully saturated rings. The van der Waals surface area contributed by atoms with Gasteiger partial charge in [-0.25, -0.2) is 14.6 Å². The van der Waals surface area contributed by atoms with Gasteiger partial charge in [-0.2, -0.15) is 4.89 Å². The van der Waals surface area contributed by atoms with Crippen molar-refractivity contribution in [1.29, 1.82) is 0 Å². The van der Waals surface area contributed by atoms with Crippen molar-refractivity contribution < 1.29 is 29.4 Å². The van der Waals surface area contributed by atoms with Crippen LogP contribution in [-0.4, -0.2) is 23.3 Å². The van der Waals surface area contributed by atoms with Gasteiger partial charge in [0.1, 0.15) is 5.60 Å². The average Bonchev–Trinajstić information content (AvgIpc) is 2.39. The molecule has 0 aromatic rings. The highest BCUT2D eigenvalue weighted by molar-refractivity contribution is 5.73. The summed E-state index contributed by atoms with van der Waals surface area (Å²) in [6, 6.07) is 0. The van der Waals surface area contributed by atoms with Gasteiger partial charge in [0, 0.05) is 0 Å². The number of carbonyl (C=O) groups excluding carboxylic acids is 1. The molecule has 1 unspecified atom stereocenters. The number of rotatable bonds is 10. The van der Waals surface area contributed by atoms with Gasteiger partial charge >= 0.3 is 5.97 Å². The van der Waals surface area contributed by atoms with Gasteiger partial charge in [0.05, 0.1) is 5.60 Å². The first-order valence-corrected chi connectivity index (χ1v) is 7.08. The molecule has 0 aliphatic heterocycles. The molecule has 0 rings (SSSR count). The summed E-state index contributed by atoms with van der Waals surface area (Å²) in [4.78, 5) is 31.6. The molecule has 0 amide bonds. The molecule has 0 radical (unpaired) electrons. The third-order valence-corrected chi connectivity index (χ3v) is 3.10. The van der Waals surface area contributed by atoms with E-state index in [-0.39, 0.29) is 0 Å². The van der Waals surface area contributed by atoms with Crippen molar-refractivity contribution in [3.05, 3.63) is 0 Å². The second-order valence-corrected chi connectivity index (χ2v) is 5.86. The third-order valence-electron chi connectivity index (χ3n) is 3.10. The zero-order valence-electron chi connectivity index (χ0n) is 13.6. The Morgan fingerprint density at radius 1 is 0.950 bits per heavy atom. The Hall–Kier alpha value is -0.690. The lowest BCUT2D eigenvalue weighted by atomic mass is 10.1. The van der Waals surface area contributed by atoms with E-state index in [1.807, 2.05) is 41.5 Å². The second-order valence-electron chi connectivity index (χ2n) is 5.86. The zero-order valence-corrected chi connectivity index (χ0v) is 13.6. The van der Waals surface area contributed by atoms with Crippen molar-refractivity contribution in [3.8, 4) is 0 Å². The monoisotopic (exact) mass is 292 g/mol. The molecule has 0 bridgehead atoms. The van der Waals surface area contributed by atoms with E-state index in [2.05, 4.69) is 9.93 Å². The van der Waals surface area contributed by atoms with E-state index in [4.69, 9.17) is 14.7 Å². The first-order valence-electron chi connectivity index (χ1n) is 7.08. The molecule has 0 aromatic carbocycles. The van der Waals surface area contributed by atoms with Crippen molar-refractivity contribution in [2.75, 3.05) is 0 Å². The Balaban J connectivity index is 4.16. The van der Waals surface area contributed by atoms with Crippen LogP contribution in [0, 0.1) is 0 Å². The summed E-state index contributed by atoms with van der Waals surface area (Å²) in [6.45, 7) is 13.1. The fourth-order valence-corrected chi connectivity index (χ4v) is 0.776. The lowest BCUT2D eigenvalue weighted by molar-refractivity contribution is -0.520. The van der Waals surface area contributed by atoms with Crippen LogP contribution in [0.15, 0.2) is 0 Å². The van der Waals surface area contributed by atoms with Crippen molar-refractivity contribution >= 4 is 5.97 Å². The van der Waals surface area contributed by atoms with Gasteiger partial charge in [-0.05, 0) is 52.0 Å². The minimum atomic E-state index is -0.853. The molecule has 20 heavy (non-hydrogen) atoms. The predicted molar refractivity (Wildman–Crippen MR) is 73.3 cm³/mol. The first-order chi connectivity index (χ1) is 9.17. The minimum absolute atomic E-state index is 0.402. The van der Waals surface area contributed by atoms with Crippen LogP contribution in [0.25, 0.3) is 0 Å². The number of hydrogen-bond donors (Lipinski definition) is 0. The highest BCUT2D eigenvalue weighted by atomic mass is 17.5. The van der Waals surface area contributed by atoms with E-state index in [1.165, 1.54) is 0 Å². The second kappa shape index (κ2) is 8.56. The lowest BCUT2D eigenvalue weighted by Crippen LogP contribution is -2.33. The summed E-state index contributed by atoms with van der Waals surface area (Å²) >= 11 is 0. The third kappa shape index (κ3) is 7.79. The van der Waals surface area contributed by atoms with Gasteiger partial charge in [0.2, 0.25) is 0 Å². The molecule has 0 N–H and O–H groups in total. The van der Waals surface area contributed by atoms with Crippen LogP contribution in [0.3, 0.4) is 0 Å². The molecule has 0 saturated carbocycles. The van der Waals surface area contributed by atoms with E-state index < -0.39 is 23.3 Å². The molecule has 120 valence electrons. The Kier molecular flexibility index (Phi) is 8.27. The smallest absolute Gasteiger partial charge is 0.266 e. The summed E-state index contributed by atoms with van der Waals surface area (Å²) in [6.07, 6.45) is 1.02. The van der Waals surface area contributed by atoms with Crippen molar-refractivity contribution in [3.63, 3.8) is 0 Å². The van der Waals surface area contributed by atoms with Crippen molar-refractivity contribution in [1.82, 2.24) is 0 Å². The Morgan fingerprint density at radius 3 is 1.90 bits per heavy atom. The Labute approximate surface area is 121 Å². The van der Waals surface area contributed by atoms with Crippen LogP contribution >= 0.6 is 0 Å². The Bertz CT molecular complexity index is 287. The minimum Gasteiger partial charge on any atom is -0.266 e. The maximum Gasteiger partial charge on any atom is 0.377 e. The van der Waals surface area contributed by atoms with Crippen LogP contribution in [0.1, 0.15) is 67.7 Å². The maximum atomic E-state index is 11.7. The molecule has 6 nitrogen and oxygen atoms in total. The molecule has 0 saturated heterocycles. The highest BCUT2D eigenvalue weighted by Gasteiger charge is 2.27. The van der Waals surface area contributed by atoms with Gasteiger partial charge in [-0.15, -0.1) is 0 Å². The molecule has 6 heteroatoms. The number of hydrogen-bond acceptors (Lipinski definition) is 6. The fraction of sp³-hybridized carbons (Fsp3) is 0.929. The maximum absolute atomic E-state index is 11.7. The van der Waals surface area contributed by atoms with Gasteiger partial charge in [0.15, 0.2) is 6.10 Å². The largest absolute Gasteiger partial charge is 0.377 e. The van der Waals surface area contributed by atoms with Crippen LogP contribution in [0.5, 0.6) is 0 Å². The summed E-state index contributed by atoms with van der Waals surface area (Å²) in [5.74, 6) is -0.689. The van der Waals surface area contributed by atoms with Crippen molar-refractivity contribution in [2.24, 2.45) is 0 Å². The van der Waals surface area contributed by atoms with E-state index in [0.29, 0.717) is 12.8 Å². The van der Waals surface area contributed by atoms with E-state index >= 15 is 0 Å². The summed E-state index contributed by atoms with van der Waals surface area (Å²) < 4.78 is 0. The van der Waals surface area contributed by atoms with Gasteiger partial charge in [-0.1, -0.05) is 20.8 Å². The molecular weight excluding hydrogens is 264 g/mol. The van der Waals surface area contributed by atoms with E-state index in [9.17, 15) is 4.79 Å². The van der Waals surface area contributed by atoms with Crippen LogP contribution in [0.4, 0.5) is 0 Å². The fourth-order valence-electron chi connectivity index (χ4n) is 0.776. The van der Waals surface area contributed by atoms with E-state index in [1.54, 1.807) is 6.92 Å². The lowest BCUT2D eigenvalue weighted by Gasteiger charge is -2.24. The number of carbonyl (C=O) groups is 1. The van der Waals surface area contributed by atoms with E-state index in [0.717, 1.165) is 6.42 Å². The highest BCUT2D eigenvalue weighted by Crippen LogP contribution is 2.17. The topological polar surface area (TPSA) is 63.2 Å². The van der Waals surface area contributed by atoms with Crippen molar-refractivity contribution in [2.45, 2.75) is 85.0 Å².